The molecule has 0 spiro atoms. The second kappa shape index (κ2) is 4.94. The van der Waals surface area contributed by atoms with Crippen molar-refractivity contribution in [3.05, 3.63) is 29.3 Å². The van der Waals surface area contributed by atoms with Crippen molar-refractivity contribution in [2.75, 3.05) is 20.6 Å². The second-order valence-electron chi connectivity index (χ2n) is 4.00. The van der Waals surface area contributed by atoms with Crippen LogP contribution in [0.5, 0.6) is 5.75 Å². The third-order valence-electron chi connectivity index (χ3n) is 2.24. The third-order valence-corrected chi connectivity index (χ3v) is 2.24. The van der Waals surface area contributed by atoms with Crippen LogP contribution >= 0.6 is 0 Å². The molecule has 0 fully saturated rings. The molecule has 0 bridgehead atoms. The van der Waals surface area contributed by atoms with Crippen LogP contribution in [0.4, 0.5) is 0 Å². The number of rotatable bonds is 4. The van der Waals surface area contributed by atoms with E-state index in [9.17, 15) is 9.90 Å². The Kier molecular flexibility index (Phi) is 3.86. The minimum Gasteiger partial charge on any atom is -0.507 e. The van der Waals surface area contributed by atoms with Crippen LogP contribution in [-0.2, 0) is 0 Å². The molecule has 1 rings (SSSR count). The summed E-state index contributed by atoms with van der Waals surface area (Å²) in [6, 6.07) is 5.13. The maximum atomic E-state index is 11.7. The Balaban J connectivity index is 2.74. The molecule has 1 aromatic carbocycles. The standard InChI is InChI=1S/C12H17NO2/c1-9-4-5-10(12(15)8-9)11(14)6-7-13(2)3/h4-5,8,15H,6-7H2,1-3H3. The Morgan fingerprint density at radius 3 is 2.60 bits per heavy atom. The summed E-state index contributed by atoms with van der Waals surface area (Å²) in [6.45, 7) is 2.58. The fourth-order valence-corrected chi connectivity index (χ4v) is 1.34. The summed E-state index contributed by atoms with van der Waals surface area (Å²) in [7, 11) is 3.84. The zero-order chi connectivity index (χ0) is 11.4. The summed E-state index contributed by atoms with van der Waals surface area (Å²) < 4.78 is 0. The van der Waals surface area contributed by atoms with Gasteiger partial charge in [0.1, 0.15) is 5.75 Å². The highest BCUT2D eigenvalue weighted by atomic mass is 16.3. The van der Waals surface area contributed by atoms with Crippen LogP contribution in [0.2, 0.25) is 0 Å². The third kappa shape index (κ3) is 3.36. The van der Waals surface area contributed by atoms with Crippen molar-refractivity contribution in [3.8, 4) is 5.75 Å². The summed E-state index contributed by atoms with van der Waals surface area (Å²) in [5.41, 5.74) is 1.37. The van der Waals surface area contributed by atoms with Gasteiger partial charge in [-0.3, -0.25) is 4.79 Å². The Bertz CT molecular complexity index is 359. The van der Waals surface area contributed by atoms with Crippen molar-refractivity contribution < 1.29 is 9.90 Å². The molecule has 0 heterocycles. The van der Waals surface area contributed by atoms with Gasteiger partial charge in [-0.05, 0) is 38.7 Å². The van der Waals surface area contributed by atoms with E-state index in [1.807, 2.05) is 32.0 Å². The van der Waals surface area contributed by atoms with Gasteiger partial charge >= 0.3 is 0 Å². The van der Waals surface area contributed by atoms with Crippen LogP contribution in [-0.4, -0.2) is 36.4 Å². The topological polar surface area (TPSA) is 40.5 Å². The van der Waals surface area contributed by atoms with Crippen molar-refractivity contribution in [2.24, 2.45) is 0 Å². The number of nitrogens with zero attached hydrogens (tertiary/aromatic N) is 1. The van der Waals surface area contributed by atoms with Crippen molar-refractivity contribution in [1.29, 1.82) is 0 Å². The number of carbonyl (C=O) groups is 1. The molecule has 1 N–H and O–H groups in total. The van der Waals surface area contributed by atoms with Gasteiger partial charge in [0.2, 0.25) is 0 Å². The molecule has 3 heteroatoms. The number of aromatic hydroxyl groups is 1. The number of phenolic OH excluding ortho intramolecular Hbond substituents is 1. The molecule has 0 amide bonds. The lowest BCUT2D eigenvalue weighted by Gasteiger charge is -2.09. The van der Waals surface area contributed by atoms with E-state index in [4.69, 9.17) is 0 Å². The molecule has 15 heavy (non-hydrogen) atoms. The summed E-state index contributed by atoms with van der Waals surface area (Å²) in [6.07, 6.45) is 0.434. The molecule has 82 valence electrons. The molecule has 0 unspecified atom stereocenters. The highest BCUT2D eigenvalue weighted by Gasteiger charge is 2.10. The van der Waals surface area contributed by atoms with Crippen LogP contribution < -0.4 is 0 Å². The Morgan fingerprint density at radius 1 is 1.40 bits per heavy atom. The van der Waals surface area contributed by atoms with E-state index in [0.717, 1.165) is 5.56 Å². The number of carbonyl (C=O) groups excluding carboxylic acids is 1. The van der Waals surface area contributed by atoms with Gasteiger partial charge in [-0.1, -0.05) is 6.07 Å². The average Bonchev–Trinajstić information content (AvgIpc) is 2.14. The van der Waals surface area contributed by atoms with Gasteiger partial charge in [0, 0.05) is 13.0 Å². The van der Waals surface area contributed by atoms with E-state index in [0.29, 0.717) is 18.5 Å². The number of hydrogen-bond donors (Lipinski definition) is 1. The first kappa shape index (κ1) is 11.7. The summed E-state index contributed by atoms with van der Waals surface area (Å²) in [5, 5.41) is 9.59. The molecule has 3 nitrogen and oxygen atoms in total. The summed E-state index contributed by atoms with van der Waals surface area (Å²) in [4.78, 5) is 13.6. The van der Waals surface area contributed by atoms with Gasteiger partial charge in [0.05, 0.1) is 5.56 Å². The molecule has 0 saturated carbocycles. The zero-order valence-corrected chi connectivity index (χ0v) is 9.45. The minimum atomic E-state index is -0.0128. The number of benzene rings is 1. The lowest BCUT2D eigenvalue weighted by Crippen LogP contribution is -2.16. The van der Waals surface area contributed by atoms with Crippen LogP contribution in [0.15, 0.2) is 18.2 Å². The van der Waals surface area contributed by atoms with Crippen LogP contribution in [0, 0.1) is 6.92 Å². The molecule has 0 aliphatic rings. The number of hydrogen-bond acceptors (Lipinski definition) is 3. The first-order chi connectivity index (χ1) is 7.00. The number of phenols is 1. The Labute approximate surface area is 90.3 Å². The van der Waals surface area contributed by atoms with Gasteiger partial charge < -0.3 is 10.0 Å². The normalized spacial score (nSPS) is 10.7. The molecule has 1 aromatic rings. The monoisotopic (exact) mass is 207 g/mol. The summed E-state index contributed by atoms with van der Waals surface area (Å²) in [5.74, 6) is 0.0694. The minimum absolute atomic E-state index is 0.0128. The maximum Gasteiger partial charge on any atom is 0.167 e. The van der Waals surface area contributed by atoms with Crippen LogP contribution in [0.25, 0.3) is 0 Å². The van der Waals surface area contributed by atoms with E-state index in [2.05, 4.69) is 0 Å². The maximum absolute atomic E-state index is 11.7. The van der Waals surface area contributed by atoms with Crippen molar-refractivity contribution in [2.45, 2.75) is 13.3 Å². The average molecular weight is 207 g/mol. The summed E-state index contributed by atoms with van der Waals surface area (Å²) >= 11 is 0. The van der Waals surface area contributed by atoms with Gasteiger partial charge in [0.25, 0.3) is 0 Å². The largest absolute Gasteiger partial charge is 0.507 e. The van der Waals surface area contributed by atoms with Gasteiger partial charge in [-0.2, -0.15) is 0 Å². The molecule has 0 saturated heterocycles. The fraction of sp³-hybridized carbons (Fsp3) is 0.417. The molecular formula is C12H17NO2. The SMILES string of the molecule is Cc1ccc(C(=O)CCN(C)C)c(O)c1. The van der Waals surface area contributed by atoms with E-state index in [1.165, 1.54) is 0 Å². The molecular weight excluding hydrogens is 190 g/mol. The van der Waals surface area contributed by atoms with Crippen molar-refractivity contribution in [3.63, 3.8) is 0 Å². The van der Waals surface area contributed by atoms with Gasteiger partial charge in [-0.15, -0.1) is 0 Å². The second-order valence-corrected chi connectivity index (χ2v) is 4.00. The first-order valence-corrected chi connectivity index (χ1v) is 4.98. The highest BCUT2D eigenvalue weighted by Crippen LogP contribution is 2.19. The van der Waals surface area contributed by atoms with E-state index in [-0.39, 0.29) is 11.5 Å². The molecule has 0 atom stereocenters. The zero-order valence-electron chi connectivity index (χ0n) is 9.45. The van der Waals surface area contributed by atoms with E-state index >= 15 is 0 Å². The quantitative estimate of drug-likeness (QED) is 0.766. The van der Waals surface area contributed by atoms with Crippen LogP contribution in [0.1, 0.15) is 22.3 Å². The number of aryl methyl sites for hydroxylation is 1. The van der Waals surface area contributed by atoms with E-state index < -0.39 is 0 Å². The smallest absolute Gasteiger partial charge is 0.167 e. The van der Waals surface area contributed by atoms with E-state index in [1.54, 1.807) is 12.1 Å². The van der Waals surface area contributed by atoms with Gasteiger partial charge in [-0.25, -0.2) is 0 Å². The lowest BCUT2D eigenvalue weighted by molar-refractivity contribution is 0.0970. The predicted molar refractivity (Wildman–Crippen MR) is 60.3 cm³/mol. The highest BCUT2D eigenvalue weighted by molar-refractivity contribution is 5.98. The number of Topliss-reactive ketones (excluding diaryl/α,β-unsaturated/α-hetero) is 1. The van der Waals surface area contributed by atoms with Crippen molar-refractivity contribution in [1.82, 2.24) is 4.90 Å². The molecule has 0 aliphatic heterocycles. The Hall–Kier alpha value is -1.35. The lowest BCUT2D eigenvalue weighted by atomic mass is 10.1. The number of ketones is 1. The predicted octanol–water partition coefficient (Wildman–Crippen LogP) is 1.84. The fourth-order valence-electron chi connectivity index (χ4n) is 1.34. The molecule has 0 radical (unpaired) electrons. The van der Waals surface area contributed by atoms with Gasteiger partial charge in [0.15, 0.2) is 5.78 Å². The first-order valence-electron chi connectivity index (χ1n) is 4.98. The van der Waals surface area contributed by atoms with Crippen LogP contribution in [0.3, 0.4) is 0 Å². The molecule has 0 aliphatic carbocycles. The van der Waals surface area contributed by atoms with Crippen molar-refractivity contribution >= 4 is 5.78 Å². The molecule has 0 aromatic heterocycles. The Morgan fingerprint density at radius 2 is 2.07 bits per heavy atom.